The van der Waals surface area contributed by atoms with E-state index in [2.05, 4.69) is 4.90 Å². The Balaban J connectivity index is 1.90. The number of carbonyl (C=O) groups is 1. The van der Waals surface area contributed by atoms with Crippen LogP contribution in [-0.4, -0.2) is 55.0 Å². The van der Waals surface area contributed by atoms with Crippen LogP contribution in [0.1, 0.15) is 29.2 Å². The third kappa shape index (κ3) is 3.81. The quantitative estimate of drug-likeness (QED) is 0.885. The third-order valence-electron chi connectivity index (χ3n) is 3.51. The Hall–Kier alpha value is -1.33. The van der Waals surface area contributed by atoms with Gasteiger partial charge in [0.1, 0.15) is 5.76 Å². The second-order valence-electron chi connectivity index (χ2n) is 5.04. The fourth-order valence-corrected chi connectivity index (χ4v) is 2.42. The second-order valence-corrected chi connectivity index (χ2v) is 5.04. The normalized spacial score (nSPS) is 17.5. The maximum Gasteiger partial charge on any atom is 0.289 e. The van der Waals surface area contributed by atoms with Crippen LogP contribution in [0.3, 0.4) is 0 Å². The van der Waals surface area contributed by atoms with E-state index in [-0.39, 0.29) is 5.91 Å². The summed E-state index contributed by atoms with van der Waals surface area (Å²) < 4.78 is 5.41. The molecule has 1 aromatic rings. The van der Waals surface area contributed by atoms with E-state index in [1.807, 2.05) is 17.9 Å². The van der Waals surface area contributed by atoms with E-state index in [1.54, 1.807) is 6.07 Å². The maximum absolute atomic E-state index is 12.3. The van der Waals surface area contributed by atoms with Gasteiger partial charge < -0.3 is 20.0 Å². The van der Waals surface area contributed by atoms with Crippen molar-refractivity contribution in [3.63, 3.8) is 0 Å². The monoisotopic (exact) mass is 265 g/mol. The molecule has 0 spiro atoms. The molecule has 19 heavy (non-hydrogen) atoms. The number of furan rings is 1. The van der Waals surface area contributed by atoms with E-state index in [0.717, 1.165) is 57.9 Å². The average Bonchev–Trinajstić information content (AvgIpc) is 2.71. The number of rotatable bonds is 4. The highest BCUT2D eigenvalue weighted by Crippen LogP contribution is 2.12. The summed E-state index contributed by atoms with van der Waals surface area (Å²) in [6.07, 6.45) is 2.03. The number of nitrogens with zero attached hydrogens (tertiary/aromatic N) is 2. The molecule has 0 bridgehead atoms. The lowest BCUT2D eigenvalue weighted by Gasteiger charge is -2.21. The molecule has 1 saturated heterocycles. The molecule has 1 aliphatic heterocycles. The summed E-state index contributed by atoms with van der Waals surface area (Å²) >= 11 is 0. The van der Waals surface area contributed by atoms with E-state index < -0.39 is 0 Å². The molecule has 0 aromatic carbocycles. The maximum atomic E-state index is 12.3. The first-order valence-electron chi connectivity index (χ1n) is 6.99. The van der Waals surface area contributed by atoms with Crippen molar-refractivity contribution < 1.29 is 9.21 Å². The van der Waals surface area contributed by atoms with Crippen LogP contribution < -0.4 is 5.73 Å². The largest absolute Gasteiger partial charge is 0.456 e. The fourth-order valence-electron chi connectivity index (χ4n) is 2.42. The molecule has 2 rings (SSSR count). The molecule has 1 aromatic heterocycles. The summed E-state index contributed by atoms with van der Waals surface area (Å²) in [5.74, 6) is 1.24. The lowest BCUT2D eigenvalue weighted by Crippen LogP contribution is -2.35. The highest BCUT2D eigenvalue weighted by Gasteiger charge is 2.21. The van der Waals surface area contributed by atoms with Crippen LogP contribution in [-0.2, 0) is 0 Å². The van der Waals surface area contributed by atoms with Crippen molar-refractivity contribution in [3.05, 3.63) is 23.7 Å². The van der Waals surface area contributed by atoms with Gasteiger partial charge in [-0.15, -0.1) is 0 Å². The first-order valence-corrected chi connectivity index (χ1v) is 6.99. The highest BCUT2D eigenvalue weighted by atomic mass is 16.3. The summed E-state index contributed by atoms with van der Waals surface area (Å²) in [7, 11) is 0. The van der Waals surface area contributed by atoms with Gasteiger partial charge in [-0.25, -0.2) is 0 Å². The predicted octanol–water partition coefficient (Wildman–Crippen LogP) is 1.08. The van der Waals surface area contributed by atoms with E-state index in [1.165, 1.54) is 0 Å². The lowest BCUT2D eigenvalue weighted by molar-refractivity contribution is 0.0728. The summed E-state index contributed by atoms with van der Waals surface area (Å²) in [4.78, 5) is 16.6. The summed E-state index contributed by atoms with van der Waals surface area (Å²) in [5, 5.41) is 0. The van der Waals surface area contributed by atoms with Crippen LogP contribution in [0.4, 0.5) is 0 Å². The Morgan fingerprint density at radius 2 is 2.16 bits per heavy atom. The zero-order valence-electron chi connectivity index (χ0n) is 11.6. The summed E-state index contributed by atoms with van der Waals surface area (Å²) in [6, 6.07) is 3.59. The predicted molar refractivity (Wildman–Crippen MR) is 74.1 cm³/mol. The molecule has 1 amide bonds. The Kier molecular flexibility index (Phi) is 4.99. The van der Waals surface area contributed by atoms with Crippen molar-refractivity contribution in [2.24, 2.45) is 5.73 Å². The standard InChI is InChI=1S/C14H23N3O2/c1-12-4-5-13(19-12)14(18)17-9-3-8-16(10-11-17)7-2-6-15/h4-5H,2-3,6-11,15H2,1H3. The molecule has 106 valence electrons. The Labute approximate surface area is 114 Å². The molecule has 0 atom stereocenters. The van der Waals surface area contributed by atoms with Gasteiger partial charge >= 0.3 is 0 Å². The topological polar surface area (TPSA) is 62.7 Å². The second kappa shape index (κ2) is 6.73. The first-order chi connectivity index (χ1) is 9.20. The minimum atomic E-state index is 0.00812. The van der Waals surface area contributed by atoms with Crippen LogP contribution in [0.2, 0.25) is 0 Å². The molecule has 0 unspecified atom stereocenters. The van der Waals surface area contributed by atoms with Crippen LogP contribution >= 0.6 is 0 Å². The van der Waals surface area contributed by atoms with Crippen LogP contribution in [0.25, 0.3) is 0 Å². The fraction of sp³-hybridized carbons (Fsp3) is 0.643. The Morgan fingerprint density at radius 1 is 1.32 bits per heavy atom. The minimum absolute atomic E-state index is 0.00812. The Bertz CT molecular complexity index is 417. The number of aryl methyl sites for hydroxylation is 1. The third-order valence-corrected chi connectivity index (χ3v) is 3.51. The number of carbonyl (C=O) groups excluding carboxylic acids is 1. The van der Waals surface area contributed by atoms with E-state index in [0.29, 0.717) is 5.76 Å². The molecule has 0 saturated carbocycles. The van der Waals surface area contributed by atoms with Crippen molar-refractivity contribution >= 4 is 5.91 Å². The molecule has 2 N–H and O–H groups in total. The summed E-state index contributed by atoms with van der Waals surface area (Å²) in [6.45, 7) is 7.14. The molecule has 0 aliphatic carbocycles. The van der Waals surface area contributed by atoms with Crippen LogP contribution in [0.5, 0.6) is 0 Å². The van der Waals surface area contributed by atoms with Gasteiger partial charge in [-0.05, 0) is 51.5 Å². The zero-order valence-corrected chi connectivity index (χ0v) is 11.6. The van der Waals surface area contributed by atoms with Crippen molar-refractivity contribution in [1.29, 1.82) is 0 Å². The average molecular weight is 265 g/mol. The van der Waals surface area contributed by atoms with Crippen LogP contribution in [0, 0.1) is 6.92 Å². The number of hydrogen-bond donors (Lipinski definition) is 1. The SMILES string of the molecule is Cc1ccc(C(=O)N2CCCN(CCCN)CC2)o1. The van der Waals surface area contributed by atoms with Gasteiger partial charge in [-0.1, -0.05) is 0 Å². The molecular weight excluding hydrogens is 242 g/mol. The van der Waals surface area contributed by atoms with Gasteiger partial charge in [0.2, 0.25) is 0 Å². The molecule has 1 aliphatic rings. The number of amides is 1. The number of nitrogens with two attached hydrogens (primary N) is 1. The van der Waals surface area contributed by atoms with E-state index in [4.69, 9.17) is 10.2 Å². The molecule has 5 nitrogen and oxygen atoms in total. The van der Waals surface area contributed by atoms with Gasteiger partial charge in [-0.3, -0.25) is 4.79 Å². The van der Waals surface area contributed by atoms with Crippen molar-refractivity contribution in [1.82, 2.24) is 9.80 Å². The van der Waals surface area contributed by atoms with E-state index in [9.17, 15) is 4.79 Å². The van der Waals surface area contributed by atoms with E-state index >= 15 is 0 Å². The van der Waals surface area contributed by atoms with Gasteiger partial charge in [0, 0.05) is 19.6 Å². The van der Waals surface area contributed by atoms with Crippen molar-refractivity contribution in [2.45, 2.75) is 19.8 Å². The molecule has 5 heteroatoms. The van der Waals surface area contributed by atoms with Gasteiger partial charge in [0.05, 0.1) is 0 Å². The van der Waals surface area contributed by atoms with Gasteiger partial charge in [0.15, 0.2) is 5.76 Å². The molecule has 2 heterocycles. The van der Waals surface area contributed by atoms with Crippen molar-refractivity contribution in [3.8, 4) is 0 Å². The van der Waals surface area contributed by atoms with Crippen molar-refractivity contribution in [2.75, 3.05) is 39.3 Å². The highest BCUT2D eigenvalue weighted by molar-refractivity contribution is 5.91. The van der Waals surface area contributed by atoms with Gasteiger partial charge in [0.25, 0.3) is 5.91 Å². The smallest absolute Gasteiger partial charge is 0.289 e. The lowest BCUT2D eigenvalue weighted by atomic mass is 10.3. The van der Waals surface area contributed by atoms with Gasteiger partial charge in [-0.2, -0.15) is 0 Å². The summed E-state index contributed by atoms with van der Waals surface area (Å²) in [5.41, 5.74) is 5.53. The molecular formula is C14H23N3O2. The number of hydrogen-bond acceptors (Lipinski definition) is 4. The Morgan fingerprint density at radius 3 is 2.84 bits per heavy atom. The molecule has 0 radical (unpaired) electrons. The van der Waals surface area contributed by atoms with Crippen LogP contribution in [0.15, 0.2) is 16.5 Å². The zero-order chi connectivity index (χ0) is 13.7. The first kappa shape index (κ1) is 14.1. The minimum Gasteiger partial charge on any atom is -0.456 e. The molecule has 1 fully saturated rings.